The molecular weight excluding hydrogens is 229 g/mol. The van der Waals surface area contributed by atoms with Gasteiger partial charge in [-0.15, -0.1) is 6.58 Å². The van der Waals surface area contributed by atoms with E-state index in [0.717, 1.165) is 23.0 Å². The summed E-state index contributed by atoms with van der Waals surface area (Å²) in [6, 6.07) is 0. The summed E-state index contributed by atoms with van der Waals surface area (Å²) in [5.74, 6) is 0. The monoisotopic (exact) mass is 245 g/mol. The van der Waals surface area contributed by atoms with Crippen LogP contribution in [0.15, 0.2) is 47.2 Å². The molecule has 0 aliphatic carbocycles. The highest BCUT2D eigenvalue weighted by atomic mass is 16.6. The summed E-state index contributed by atoms with van der Waals surface area (Å²) >= 11 is 0. The molecule has 94 valence electrons. The van der Waals surface area contributed by atoms with Crippen molar-refractivity contribution in [1.82, 2.24) is 0 Å². The van der Waals surface area contributed by atoms with E-state index in [-0.39, 0.29) is 13.2 Å². The van der Waals surface area contributed by atoms with Gasteiger partial charge >= 0.3 is 7.12 Å². The van der Waals surface area contributed by atoms with Gasteiger partial charge in [-0.05, 0) is 34.7 Å². The minimum Gasteiger partial charge on any atom is -0.497 e. The summed E-state index contributed by atoms with van der Waals surface area (Å²) in [5.41, 5.74) is 10.4. The number of hydrogen-bond acceptors (Lipinski definition) is 4. The fourth-order valence-corrected chi connectivity index (χ4v) is 2.68. The van der Waals surface area contributed by atoms with Crippen molar-refractivity contribution >= 4 is 7.12 Å². The van der Waals surface area contributed by atoms with Crippen molar-refractivity contribution in [2.75, 3.05) is 19.8 Å². The maximum absolute atomic E-state index is 5.92. The van der Waals surface area contributed by atoms with Gasteiger partial charge in [0, 0.05) is 6.54 Å². The van der Waals surface area contributed by atoms with E-state index in [1.165, 1.54) is 5.57 Å². The lowest BCUT2D eigenvalue weighted by molar-refractivity contribution is 0.173. The Morgan fingerprint density at radius 2 is 2.39 bits per heavy atom. The second-order valence-electron chi connectivity index (χ2n) is 4.57. The van der Waals surface area contributed by atoms with E-state index in [4.69, 9.17) is 19.8 Å². The van der Waals surface area contributed by atoms with Crippen molar-refractivity contribution in [3.8, 4) is 0 Å². The Kier molecular flexibility index (Phi) is 3.12. The first-order valence-corrected chi connectivity index (χ1v) is 6.16. The minimum atomic E-state index is -0.288. The molecule has 3 rings (SSSR count). The van der Waals surface area contributed by atoms with Crippen LogP contribution in [0.3, 0.4) is 0 Å². The molecule has 0 spiro atoms. The molecule has 1 atom stereocenters. The molecule has 18 heavy (non-hydrogen) atoms. The molecule has 3 heterocycles. The Labute approximate surface area is 107 Å². The Morgan fingerprint density at radius 1 is 1.50 bits per heavy atom. The van der Waals surface area contributed by atoms with E-state index in [9.17, 15) is 0 Å². The molecule has 0 saturated heterocycles. The third-order valence-electron chi connectivity index (χ3n) is 3.51. The highest BCUT2D eigenvalue weighted by Crippen LogP contribution is 2.38. The van der Waals surface area contributed by atoms with E-state index in [1.54, 1.807) is 6.26 Å². The molecule has 0 aromatic rings. The Hall–Kier alpha value is -1.30. The second kappa shape index (κ2) is 4.76. The molecule has 0 amide bonds. The molecule has 2 N–H and O–H groups in total. The molecule has 5 heteroatoms. The first kappa shape index (κ1) is 11.8. The average molecular weight is 245 g/mol. The van der Waals surface area contributed by atoms with Crippen LogP contribution in [0.4, 0.5) is 0 Å². The van der Waals surface area contributed by atoms with Crippen molar-refractivity contribution in [2.24, 2.45) is 5.73 Å². The van der Waals surface area contributed by atoms with Gasteiger partial charge < -0.3 is 19.8 Å². The van der Waals surface area contributed by atoms with Gasteiger partial charge in [-0.2, -0.15) is 0 Å². The summed E-state index contributed by atoms with van der Waals surface area (Å²) < 4.78 is 17.0. The first-order valence-electron chi connectivity index (χ1n) is 6.16. The molecule has 3 aliphatic rings. The third kappa shape index (κ3) is 1.75. The summed E-state index contributed by atoms with van der Waals surface area (Å²) in [7, 11) is -0.288. The molecule has 0 fully saturated rings. The van der Waals surface area contributed by atoms with Crippen LogP contribution in [0.5, 0.6) is 0 Å². The zero-order valence-corrected chi connectivity index (χ0v) is 10.2. The first-order chi connectivity index (χ1) is 8.85. The molecule has 0 unspecified atom stereocenters. The van der Waals surface area contributed by atoms with Crippen LogP contribution in [0.1, 0.15) is 6.42 Å². The lowest BCUT2D eigenvalue weighted by Crippen LogP contribution is -2.39. The zero-order chi connectivity index (χ0) is 12.5. The number of nitrogens with two attached hydrogens (primary N) is 1. The molecule has 0 radical (unpaired) electrons. The SMILES string of the molecule is C=CCC1=C2C=COCC3=C2B(OC3)O[C@@H]1CN. The molecule has 0 aromatic heterocycles. The maximum atomic E-state index is 5.92. The van der Waals surface area contributed by atoms with Gasteiger partial charge in [0.15, 0.2) is 0 Å². The van der Waals surface area contributed by atoms with Gasteiger partial charge in [0.05, 0.1) is 19.0 Å². The van der Waals surface area contributed by atoms with Crippen molar-refractivity contribution in [3.05, 3.63) is 47.2 Å². The Bertz CT molecular complexity index is 467. The van der Waals surface area contributed by atoms with Gasteiger partial charge in [0.1, 0.15) is 6.61 Å². The number of hydrogen-bond donors (Lipinski definition) is 1. The van der Waals surface area contributed by atoms with Crippen LogP contribution in [0, 0.1) is 0 Å². The third-order valence-corrected chi connectivity index (χ3v) is 3.51. The molecule has 0 bridgehead atoms. The minimum absolute atomic E-state index is 0.103. The summed E-state index contributed by atoms with van der Waals surface area (Å²) in [4.78, 5) is 0. The highest BCUT2D eigenvalue weighted by molar-refractivity contribution is 6.57. The lowest BCUT2D eigenvalue weighted by Gasteiger charge is -2.30. The van der Waals surface area contributed by atoms with Crippen LogP contribution >= 0.6 is 0 Å². The van der Waals surface area contributed by atoms with Gasteiger partial charge in [0.2, 0.25) is 0 Å². The fraction of sp³-hybridized carbons (Fsp3) is 0.385. The van der Waals surface area contributed by atoms with Crippen LogP contribution in [-0.2, 0) is 14.0 Å². The molecule has 0 aromatic carbocycles. The number of rotatable bonds is 3. The number of ether oxygens (including phenoxy) is 1. The van der Waals surface area contributed by atoms with Crippen LogP contribution < -0.4 is 5.73 Å². The van der Waals surface area contributed by atoms with E-state index in [2.05, 4.69) is 6.58 Å². The van der Waals surface area contributed by atoms with Crippen LogP contribution in [0.25, 0.3) is 0 Å². The second-order valence-corrected chi connectivity index (χ2v) is 4.57. The van der Waals surface area contributed by atoms with E-state index >= 15 is 0 Å². The van der Waals surface area contributed by atoms with Gasteiger partial charge in [-0.3, -0.25) is 0 Å². The maximum Gasteiger partial charge on any atom is 0.495 e. The topological polar surface area (TPSA) is 53.7 Å². The summed E-state index contributed by atoms with van der Waals surface area (Å²) in [5, 5.41) is 0. The average Bonchev–Trinajstić information content (AvgIpc) is 2.66. The lowest BCUT2D eigenvalue weighted by atomic mass is 9.68. The predicted molar refractivity (Wildman–Crippen MR) is 69.6 cm³/mol. The fourth-order valence-electron chi connectivity index (χ4n) is 2.68. The highest BCUT2D eigenvalue weighted by Gasteiger charge is 2.42. The van der Waals surface area contributed by atoms with Crippen molar-refractivity contribution in [2.45, 2.75) is 12.5 Å². The van der Waals surface area contributed by atoms with E-state index < -0.39 is 0 Å². The normalized spacial score (nSPS) is 26.1. The molecule has 3 aliphatic heterocycles. The summed E-state index contributed by atoms with van der Waals surface area (Å²) in [6.07, 6.45) is 6.28. The Morgan fingerprint density at radius 3 is 3.17 bits per heavy atom. The number of allylic oxidation sites excluding steroid dienone is 4. The van der Waals surface area contributed by atoms with Crippen molar-refractivity contribution in [1.29, 1.82) is 0 Å². The van der Waals surface area contributed by atoms with Gasteiger partial charge in [-0.25, -0.2) is 0 Å². The predicted octanol–water partition coefficient (Wildman–Crippen LogP) is 1.11. The zero-order valence-electron chi connectivity index (χ0n) is 10.2. The van der Waals surface area contributed by atoms with Crippen molar-refractivity contribution in [3.63, 3.8) is 0 Å². The summed E-state index contributed by atoms with van der Waals surface area (Å²) in [6.45, 7) is 5.40. The van der Waals surface area contributed by atoms with Crippen LogP contribution in [0.2, 0.25) is 0 Å². The molecular formula is C13H16BNO3. The van der Waals surface area contributed by atoms with Crippen molar-refractivity contribution < 1.29 is 14.0 Å². The Balaban J connectivity index is 2.13. The quantitative estimate of drug-likeness (QED) is 0.597. The standard InChI is InChI=1S/C13H16BNO3/c1-2-3-10-11-4-5-16-7-9-8-17-14(13(9)11)18-12(10)6-15/h2,4-5,12H,1,3,6-8,15H2/t12-/m1/s1. The smallest absolute Gasteiger partial charge is 0.495 e. The van der Waals surface area contributed by atoms with E-state index in [0.29, 0.717) is 19.8 Å². The molecule has 0 saturated carbocycles. The van der Waals surface area contributed by atoms with Gasteiger partial charge in [0.25, 0.3) is 0 Å². The molecule has 4 nitrogen and oxygen atoms in total. The van der Waals surface area contributed by atoms with Crippen LogP contribution in [-0.4, -0.2) is 33.0 Å². The largest absolute Gasteiger partial charge is 0.497 e. The van der Waals surface area contributed by atoms with E-state index in [1.807, 2.05) is 12.2 Å². The van der Waals surface area contributed by atoms with Gasteiger partial charge in [-0.1, -0.05) is 6.08 Å².